The van der Waals surface area contributed by atoms with Crippen LogP contribution >= 0.6 is 0 Å². The molecular weight excluding hydrogens is 316 g/mol. The van der Waals surface area contributed by atoms with Crippen LogP contribution in [0, 0.1) is 5.92 Å². The highest BCUT2D eigenvalue weighted by molar-refractivity contribution is 5.86. The Kier molecular flexibility index (Phi) is 6.56. The first-order valence-electron chi connectivity index (χ1n) is 9.68. The number of ether oxygens (including phenoxy) is 2. The molecule has 2 bridgehead atoms. The first-order valence-corrected chi connectivity index (χ1v) is 9.68. The molecule has 25 heavy (non-hydrogen) atoms. The summed E-state index contributed by atoms with van der Waals surface area (Å²) in [5.41, 5.74) is 0.685. The lowest BCUT2D eigenvalue weighted by atomic mass is 9.86. The molecule has 5 heteroatoms. The third-order valence-electron chi connectivity index (χ3n) is 5.23. The Hall–Kier alpha value is -1.75. The van der Waals surface area contributed by atoms with Gasteiger partial charge < -0.3 is 9.47 Å². The zero-order chi connectivity index (χ0) is 17.5. The SMILES string of the molecule is CCCCCCOc1ccccc1NC(=O)O[C@@H]1CN2CCC1CC2. The number of para-hydroxylation sites is 2. The Labute approximate surface area is 150 Å². The number of nitrogens with zero attached hydrogens (tertiary/aromatic N) is 1. The van der Waals surface area contributed by atoms with E-state index < -0.39 is 0 Å². The number of carbonyl (C=O) groups is 1. The second-order valence-corrected chi connectivity index (χ2v) is 7.11. The molecule has 5 nitrogen and oxygen atoms in total. The molecule has 0 aromatic heterocycles. The summed E-state index contributed by atoms with van der Waals surface area (Å²) >= 11 is 0. The number of carbonyl (C=O) groups excluding carboxylic acids is 1. The summed E-state index contributed by atoms with van der Waals surface area (Å²) in [7, 11) is 0. The van der Waals surface area contributed by atoms with Gasteiger partial charge in [0, 0.05) is 6.54 Å². The lowest BCUT2D eigenvalue weighted by Gasteiger charge is -2.43. The van der Waals surface area contributed by atoms with Gasteiger partial charge >= 0.3 is 6.09 Å². The van der Waals surface area contributed by atoms with E-state index in [4.69, 9.17) is 9.47 Å². The van der Waals surface area contributed by atoms with E-state index in [1.54, 1.807) is 0 Å². The van der Waals surface area contributed by atoms with Crippen LogP contribution in [0.5, 0.6) is 5.75 Å². The Morgan fingerprint density at radius 1 is 1.20 bits per heavy atom. The van der Waals surface area contributed by atoms with Gasteiger partial charge in [-0.2, -0.15) is 0 Å². The van der Waals surface area contributed by atoms with Gasteiger partial charge in [0.25, 0.3) is 0 Å². The minimum atomic E-state index is -0.374. The number of hydrogen-bond acceptors (Lipinski definition) is 4. The highest BCUT2D eigenvalue weighted by Crippen LogP contribution is 2.30. The van der Waals surface area contributed by atoms with Crippen molar-refractivity contribution < 1.29 is 14.3 Å². The summed E-state index contributed by atoms with van der Waals surface area (Å²) in [4.78, 5) is 14.7. The number of amides is 1. The molecule has 3 saturated heterocycles. The molecule has 1 N–H and O–H groups in total. The lowest BCUT2D eigenvalue weighted by Crippen LogP contribution is -2.52. The molecule has 0 spiro atoms. The molecule has 1 amide bonds. The van der Waals surface area contributed by atoms with Gasteiger partial charge in [-0.3, -0.25) is 10.2 Å². The fourth-order valence-electron chi connectivity index (χ4n) is 3.73. The van der Waals surface area contributed by atoms with Gasteiger partial charge in [0.1, 0.15) is 11.9 Å². The van der Waals surface area contributed by atoms with Gasteiger partial charge in [-0.25, -0.2) is 4.79 Å². The van der Waals surface area contributed by atoms with E-state index in [2.05, 4.69) is 17.1 Å². The molecule has 0 saturated carbocycles. The van der Waals surface area contributed by atoms with Crippen LogP contribution < -0.4 is 10.1 Å². The van der Waals surface area contributed by atoms with Gasteiger partial charge in [0.2, 0.25) is 0 Å². The number of nitrogens with one attached hydrogen (secondary N) is 1. The maximum atomic E-state index is 12.3. The molecule has 0 aliphatic carbocycles. The van der Waals surface area contributed by atoms with Crippen LogP contribution in [0.1, 0.15) is 45.4 Å². The molecule has 138 valence electrons. The van der Waals surface area contributed by atoms with Crippen LogP contribution in [0.15, 0.2) is 24.3 Å². The van der Waals surface area contributed by atoms with E-state index >= 15 is 0 Å². The number of piperidine rings is 3. The number of rotatable bonds is 8. The molecule has 1 atom stereocenters. The highest BCUT2D eigenvalue weighted by atomic mass is 16.6. The third-order valence-corrected chi connectivity index (χ3v) is 5.23. The standard InChI is InChI=1S/C20H30N2O3/c1-2-3-4-7-14-24-18-9-6-5-8-17(18)21-20(23)25-19-15-22-12-10-16(19)11-13-22/h5-6,8-9,16,19H,2-4,7,10-15H2,1H3,(H,21,23)/t19-/m1/s1. The fourth-order valence-corrected chi connectivity index (χ4v) is 3.73. The monoisotopic (exact) mass is 346 g/mol. The summed E-state index contributed by atoms with van der Waals surface area (Å²) in [6.07, 6.45) is 6.56. The van der Waals surface area contributed by atoms with Crippen LogP contribution in [-0.4, -0.2) is 43.3 Å². The molecule has 3 heterocycles. The Balaban J connectivity index is 1.49. The van der Waals surface area contributed by atoms with Gasteiger partial charge in [-0.1, -0.05) is 38.3 Å². The molecule has 1 aromatic carbocycles. The number of anilines is 1. The van der Waals surface area contributed by atoms with Crippen molar-refractivity contribution in [2.75, 3.05) is 31.6 Å². The predicted octanol–water partition coefficient (Wildman–Crippen LogP) is 4.29. The van der Waals surface area contributed by atoms with Crippen molar-refractivity contribution in [3.05, 3.63) is 24.3 Å². The van der Waals surface area contributed by atoms with Crippen molar-refractivity contribution in [3.8, 4) is 5.75 Å². The summed E-state index contributed by atoms with van der Waals surface area (Å²) in [5, 5.41) is 2.86. The van der Waals surface area contributed by atoms with Gasteiger partial charge in [0.05, 0.1) is 12.3 Å². The van der Waals surface area contributed by atoms with Crippen molar-refractivity contribution >= 4 is 11.8 Å². The zero-order valence-corrected chi connectivity index (χ0v) is 15.2. The topological polar surface area (TPSA) is 50.8 Å². The van der Waals surface area contributed by atoms with E-state index in [0.29, 0.717) is 24.0 Å². The van der Waals surface area contributed by atoms with Gasteiger partial charge in [-0.05, 0) is 50.4 Å². The van der Waals surface area contributed by atoms with Crippen LogP contribution in [0.3, 0.4) is 0 Å². The minimum Gasteiger partial charge on any atom is -0.491 e. The summed E-state index contributed by atoms with van der Waals surface area (Å²) in [6, 6.07) is 7.57. The smallest absolute Gasteiger partial charge is 0.412 e. The number of fused-ring (bicyclic) bond motifs is 3. The Bertz CT molecular complexity index is 556. The van der Waals surface area contributed by atoms with Crippen molar-refractivity contribution in [2.24, 2.45) is 5.92 Å². The number of benzene rings is 1. The molecule has 3 aliphatic heterocycles. The minimum absolute atomic E-state index is 0.0182. The van der Waals surface area contributed by atoms with Crippen LogP contribution in [0.4, 0.5) is 10.5 Å². The van der Waals surface area contributed by atoms with Gasteiger partial charge in [0.15, 0.2) is 0 Å². The van der Waals surface area contributed by atoms with Crippen LogP contribution in [0.25, 0.3) is 0 Å². The average molecular weight is 346 g/mol. The van der Waals surface area contributed by atoms with Crippen molar-refractivity contribution in [3.63, 3.8) is 0 Å². The summed E-state index contributed by atoms with van der Waals surface area (Å²) in [6.45, 7) is 6.02. The largest absolute Gasteiger partial charge is 0.491 e. The van der Waals surface area contributed by atoms with Crippen molar-refractivity contribution in [2.45, 2.75) is 51.6 Å². The van der Waals surface area contributed by atoms with E-state index in [0.717, 1.165) is 38.9 Å². The lowest BCUT2D eigenvalue weighted by molar-refractivity contribution is -0.0290. The maximum Gasteiger partial charge on any atom is 0.412 e. The number of hydrogen-bond donors (Lipinski definition) is 1. The predicted molar refractivity (Wildman–Crippen MR) is 99.1 cm³/mol. The molecule has 3 fully saturated rings. The molecule has 1 aromatic rings. The highest BCUT2D eigenvalue weighted by Gasteiger charge is 2.36. The van der Waals surface area contributed by atoms with Crippen molar-refractivity contribution in [1.29, 1.82) is 0 Å². The zero-order valence-electron chi connectivity index (χ0n) is 15.2. The third kappa shape index (κ3) is 5.11. The second-order valence-electron chi connectivity index (χ2n) is 7.11. The first kappa shape index (κ1) is 18.1. The Morgan fingerprint density at radius 2 is 2.00 bits per heavy atom. The van der Waals surface area contributed by atoms with E-state index in [-0.39, 0.29) is 12.2 Å². The molecule has 0 unspecified atom stereocenters. The van der Waals surface area contributed by atoms with E-state index in [1.165, 1.54) is 19.3 Å². The summed E-state index contributed by atoms with van der Waals surface area (Å²) in [5.74, 6) is 1.23. The normalized spacial score (nSPS) is 24.8. The molecular formula is C20H30N2O3. The summed E-state index contributed by atoms with van der Waals surface area (Å²) < 4.78 is 11.5. The number of unbranched alkanes of at least 4 members (excludes halogenated alkanes) is 3. The van der Waals surface area contributed by atoms with Crippen molar-refractivity contribution in [1.82, 2.24) is 4.90 Å². The van der Waals surface area contributed by atoms with Crippen LogP contribution in [0.2, 0.25) is 0 Å². The average Bonchev–Trinajstić information content (AvgIpc) is 2.64. The second kappa shape index (κ2) is 9.09. The molecule has 4 rings (SSSR count). The Morgan fingerprint density at radius 3 is 2.72 bits per heavy atom. The quantitative estimate of drug-likeness (QED) is 0.714. The maximum absolute atomic E-state index is 12.3. The molecule has 3 aliphatic rings. The van der Waals surface area contributed by atoms with E-state index in [9.17, 15) is 4.79 Å². The fraction of sp³-hybridized carbons (Fsp3) is 0.650. The van der Waals surface area contributed by atoms with Gasteiger partial charge in [-0.15, -0.1) is 0 Å². The van der Waals surface area contributed by atoms with E-state index in [1.807, 2.05) is 24.3 Å². The van der Waals surface area contributed by atoms with Crippen LogP contribution in [-0.2, 0) is 4.74 Å². The molecule has 0 radical (unpaired) electrons. The first-order chi connectivity index (χ1) is 12.3.